The molecular weight excluding hydrogens is 253 g/mol. The fourth-order valence-corrected chi connectivity index (χ4v) is 2.22. The number of nitrogens with zero attached hydrogens (tertiary/aromatic N) is 2. The number of rotatable bonds is 4. The highest BCUT2D eigenvalue weighted by Gasteiger charge is 2.14. The van der Waals surface area contributed by atoms with E-state index < -0.39 is 0 Å². The van der Waals surface area contributed by atoms with Crippen LogP contribution in [0.5, 0.6) is 0 Å². The standard InChI is InChI=1S/C13H15ClFN3/c1-16-8-7-11-17-13(14)12(18(11)2)9-3-5-10(15)6-4-9/h3-6,16H,7-8H2,1-2H3. The third-order valence-electron chi connectivity index (χ3n) is 2.86. The zero-order chi connectivity index (χ0) is 13.1. The van der Waals surface area contributed by atoms with Crippen LogP contribution in [0.1, 0.15) is 5.82 Å². The first kappa shape index (κ1) is 13.1. The van der Waals surface area contributed by atoms with Crippen molar-refractivity contribution >= 4 is 11.6 Å². The van der Waals surface area contributed by atoms with Gasteiger partial charge in [0.1, 0.15) is 11.6 Å². The Kier molecular flexibility index (Phi) is 3.99. The maximum absolute atomic E-state index is 12.9. The van der Waals surface area contributed by atoms with E-state index in [1.54, 1.807) is 12.1 Å². The van der Waals surface area contributed by atoms with E-state index in [0.717, 1.165) is 30.0 Å². The molecule has 18 heavy (non-hydrogen) atoms. The third-order valence-corrected chi connectivity index (χ3v) is 3.12. The average Bonchev–Trinajstić information content (AvgIpc) is 2.63. The van der Waals surface area contributed by atoms with E-state index in [0.29, 0.717) is 5.15 Å². The number of likely N-dealkylation sites (N-methyl/N-ethyl adjacent to an activating group) is 1. The summed E-state index contributed by atoms with van der Waals surface area (Å²) in [5, 5.41) is 3.53. The summed E-state index contributed by atoms with van der Waals surface area (Å²) in [5.74, 6) is 0.654. The van der Waals surface area contributed by atoms with Crippen molar-refractivity contribution < 1.29 is 4.39 Å². The number of benzene rings is 1. The van der Waals surface area contributed by atoms with Gasteiger partial charge in [-0.05, 0) is 31.3 Å². The lowest BCUT2D eigenvalue weighted by Crippen LogP contribution is -2.13. The molecule has 0 saturated carbocycles. The number of nitrogens with one attached hydrogen (secondary N) is 1. The van der Waals surface area contributed by atoms with Crippen LogP contribution in [0.4, 0.5) is 4.39 Å². The van der Waals surface area contributed by atoms with E-state index in [-0.39, 0.29) is 5.82 Å². The molecule has 2 rings (SSSR count). The largest absolute Gasteiger partial charge is 0.330 e. The average molecular weight is 268 g/mol. The van der Waals surface area contributed by atoms with Crippen LogP contribution in [0.25, 0.3) is 11.3 Å². The molecule has 2 aromatic rings. The Balaban J connectivity index is 2.38. The number of hydrogen-bond acceptors (Lipinski definition) is 2. The quantitative estimate of drug-likeness (QED) is 0.923. The highest BCUT2D eigenvalue weighted by molar-refractivity contribution is 6.32. The van der Waals surface area contributed by atoms with Crippen molar-refractivity contribution in [1.82, 2.24) is 14.9 Å². The lowest BCUT2D eigenvalue weighted by atomic mass is 10.1. The molecule has 5 heteroatoms. The fourth-order valence-electron chi connectivity index (χ4n) is 1.89. The van der Waals surface area contributed by atoms with E-state index in [9.17, 15) is 4.39 Å². The minimum absolute atomic E-state index is 0.257. The molecule has 96 valence electrons. The Bertz CT molecular complexity index is 534. The van der Waals surface area contributed by atoms with Crippen molar-refractivity contribution in [2.24, 2.45) is 7.05 Å². The first-order valence-electron chi connectivity index (χ1n) is 5.75. The number of hydrogen-bond donors (Lipinski definition) is 1. The number of aromatic nitrogens is 2. The monoisotopic (exact) mass is 267 g/mol. The predicted octanol–water partition coefficient (Wildman–Crippen LogP) is 2.64. The van der Waals surface area contributed by atoms with E-state index in [2.05, 4.69) is 10.3 Å². The van der Waals surface area contributed by atoms with Crippen molar-refractivity contribution in [1.29, 1.82) is 0 Å². The molecule has 1 N–H and O–H groups in total. The van der Waals surface area contributed by atoms with Gasteiger partial charge in [0.05, 0.1) is 5.69 Å². The zero-order valence-corrected chi connectivity index (χ0v) is 11.1. The van der Waals surface area contributed by atoms with Crippen LogP contribution in [0.2, 0.25) is 5.15 Å². The van der Waals surface area contributed by atoms with Gasteiger partial charge < -0.3 is 9.88 Å². The lowest BCUT2D eigenvalue weighted by Gasteiger charge is -2.06. The minimum atomic E-state index is -0.257. The van der Waals surface area contributed by atoms with Crippen LogP contribution in [-0.2, 0) is 13.5 Å². The Morgan fingerprint density at radius 2 is 2.00 bits per heavy atom. The molecule has 0 atom stereocenters. The van der Waals surface area contributed by atoms with Crippen LogP contribution >= 0.6 is 11.6 Å². The van der Waals surface area contributed by atoms with Crippen molar-refractivity contribution in [3.05, 3.63) is 41.1 Å². The SMILES string of the molecule is CNCCc1nc(Cl)c(-c2ccc(F)cc2)n1C. The van der Waals surface area contributed by atoms with Crippen molar-refractivity contribution in [3.8, 4) is 11.3 Å². The van der Waals surface area contributed by atoms with Crippen LogP contribution in [0, 0.1) is 5.82 Å². The molecule has 1 aromatic carbocycles. The highest BCUT2D eigenvalue weighted by Crippen LogP contribution is 2.28. The second kappa shape index (κ2) is 5.50. The molecule has 0 saturated heterocycles. The minimum Gasteiger partial charge on any atom is -0.330 e. The molecule has 0 spiro atoms. The van der Waals surface area contributed by atoms with E-state index in [1.807, 2.05) is 18.7 Å². The third kappa shape index (κ3) is 2.54. The van der Waals surface area contributed by atoms with Gasteiger partial charge in [-0.3, -0.25) is 0 Å². The Morgan fingerprint density at radius 1 is 1.33 bits per heavy atom. The first-order valence-corrected chi connectivity index (χ1v) is 6.13. The molecule has 0 radical (unpaired) electrons. The summed E-state index contributed by atoms with van der Waals surface area (Å²) in [4.78, 5) is 4.34. The number of imidazole rings is 1. The summed E-state index contributed by atoms with van der Waals surface area (Å²) in [6, 6.07) is 6.26. The maximum atomic E-state index is 12.9. The Labute approximate surface area is 111 Å². The van der Waals surface area contributed by atoms with E-state index >= 15 is 0 Å². The van der Waals surface area contributed by atoms with Crippen LogP contribution in [0.15, 0.2) is 24.3 Å². The summed E-state index contributed by atoms with van der Waals surface area (Å²) < 4.78 is 14.9. The maximum Gasteiger partial charge on any atom is 0.155 e. The summed E-state index contributed by atoms with van der Waals surface area (Å²) in [6.07, 6.45) is 0.800. The second-order valence-electron chi connectivity index (χ2n) is 4.09. The van der Waals surface area contributed by atoms with E-state index in [1.165, 1.54) is 12.1 Å². The molecule has 1 aromatic heterocycles. The molecule has 1 heterocycles. The van der Waals surface area contributed by atoms with Gasteiger partial charge in [-0.25, -0.2) is 9.37 Å². The molecule has 0 aliphatic carbocycles. The normalized spacial score (nSPS) is 10.9. The summed E-state index contributed by atoms with van der Waals surface area (Å²) in [7, 11) is 3.81. The molecule has 0 aliphatic heterocycles. The van der Waals surface area contributed by atoms with Gasteiger partial charge in [-0.15, -0.1) is 0 Å². The summed E-state index contributed by atoms with van der Waals surface area (Å²) in [6.45, 7) is 0.837. The fraction of sp³-hybridized carbons (Fsp3) is 0.308. The van der Waals surface area contributed by atoms with E-state index in [4.69, 9.17) is 11.6 Å². The van der Waals surface area contributed by atoms with Gasteiger partial charge in [0.25, 0.3) is 0 Å². The molecule has 0 aliphatic rings. The van der Waals surface area contributed by atoms with Gasteiger partial charge in [0.2, 0.25) is 0 Å². The van der Waals surface area contributed by atoms with Gasteiger partial charge in [-0.1, -0.05) is 11.6 Å². The van der Waals surface area contributed by atoms with Gasteiger partial charge in [-0.2, -0.15) is 0 Å². The zero-order valence-electron chi connectivity index (χ0n) is 10.4. The molecule has 0 amide bonds. The molecular formula is C13H15ClFN3. The number of halogens is 2. The van der Waals surface area contributed by atoms with Crippen LogP contribution < -0.4 is 5.32 Å². The van der Waals surface area contributed by atoms with Crippen molar-refractivity contribution in [3.63, 3.8) is 0 Å². The van der Waals surface area contributed by atoms with Gasteiger partial charge in [0, 0.05) is 25.6 Å². The molecule has 0 fully saturated rings. The smallest absolute Gasteiger partial charge is 0.155 e. The Hall–Kier alpha value is -1.39. The van der Waals surface area contributed by atoms with Crippen molar-refractivity contribution in [2.75, 3.05) is 13.6 Å². The summed E-state index contributed by atoms with van der Waals surface area (Å²) >= 11 is 6.16. The van der Waals surface area contributed by atoms with Crippen LogP contribution in [0.3, 0.4) is 0 Å². The molecule has 3 nitrogen and oxygen atoms in total. The lowest BCUT2D eigenvalue weighted by molar-refractivity contribution is 0.628. The van der Waals surface area contributed by atoms with Crippen molar-refractivity contribution in [2.45, 2.75) is 6.42 Å². The predicted molar refractivity (Wildman–Crippen MR) is 71.2 cm³/mol. The van der Waals surface area contributed by atoms with Gasteiger partial charge in [0.15, 0.2) is 5.15 Å². The molecule has 0 bridgehead atoms. The molecule has 0 unspecified atom stereocenters. The topological polar surface area (TPSA) is 29.9 Å². The second-order valence-corrected chi connectivity index (χ2v) is 4.44. The highest BCUT2D eigenvalue weighted by atomic mass is 35.5. The van der Waals surface area contributed by atoms with Crippen LogP contribution in [-0.4, -0.2) is 23.1 Å². The Morgan fingerprint density at radius 3 is 2.61 bits per heavy atom. The summed E-state index contributed by atoms with van der Waals surface area (Å²) in [5.41, 5.74) is 1.69. The first-order chi connectivity index (χ1) is 8.63. The van der Waals surface area contributed by atoms with Gasteiger partial charge >= 0.3 is 0 Å².